The van der Waals surface area contributed by atoms with E-state index >= 15 is 0 Å². The van der Waals surface area contributed by atoms with E-state index in [9.17, 15) is 14.7 Å². The predicted molar refractivity (Wildman–Crippen MR) is 167 cm³/mol. The van der Waals surface area contributed by atoms with Crippen LogP contribution in [-0.2, 0) is 20.1 Å². The number of hydrogen-bond donors (Lipinski definition) is 3. The van der Waals surface area contributed by atoms with Crippen molar-refractivity contribution in [2.24, 2.45) is 0 Å². The maximum atomic E-state index is 13.1. The van der Waals surface area contributed by atoms with Crippen molar-refractivity contribution >= 4 is 47.8 Å². The average molecular weight is 596 g/mol. The fourth-order valence-corrected chi connectivity index (χ4v) is 6.96. The average Bonchev–Trinajstić information content (AvgIpc) is 3.47. The van der Waals surface area contributed by atoms with Gasteiger partial charge in [-0.05, 0) is 16.7 Å². The zero-order valence-corrected chi connectivity index (χ0v) is 24.9. The number of aliphatic carboxylic acids is 1. The van der Waals surface area contributed by atoms with Crippen molar-refractivity contribution in [3.8, 4) is 0 Å². The van der Waals surface area contributed by atoms with Crippen LogP contribution >= 0.6 is 35.9 Å². The molecule has 1 aromatic heterocycles. The molecule has 4 aromatic rings. The number of rotatable bonds is 13. The highest BCUT2D eigenvalue weighted by Crippen LogP contribution is 2.48. The molecule has 0 unspecified atom stereocenters. The number of hydrogen-bond acceptors (Lipinski definition) is 5. The molecule has 0 radical (unpaired) electrons. The summed E-state index contributed by atoms with van der Waals surface area (Å²) in [5.74, 6) is -0.468. The van der Waals surface area contributed by atoms with Gasteiger partial charge in [0.05, 0.1) is 11.1 Å². The van der Waals surface area contributed by atoms with Gasteiger partial charge < -0.3 is 15.4 Å². The van der Waals surface area contributed by atoms with Crippen molar-refractivity contribution in [2.45, 2.75) is 41.6 Å². The Morgan fingerprint density at radius 3 is 1.80 bits per heavy atom. The molecule has 0 aliphatic carbocycles. The SMILES string of the molecule is CC(C)(CC(=O)N[C@@H](CSC(c1ccccc1)(c1ccccc1)c1ccccc1)C(=O)O)SCc1cnc[nH]1.Cl. The van der Waals surface area contributed by atoms with Gasteiger partial charge >= 0.3 is 5.97 Å². The number of carbonyl (C=O) groups is 2. The monoisotopic (exact) mass is 595 g/mol. The number of imidazole rings is 1. The van der Waals surface area contributed by atoms with Gasteiger partial charge in [-0.1, -0.05) is 105 Å². The molecule has 0 fully saturated rings. The Morgan fingerprint density at radius 1 is 0.875 bits per heavy atom. The Bertz CT molecular complexity index is 1240. The number of carbonyl (C=O) groups excluding carboxylic acids is 1. The largest absolute Gasteiger partial charge is 0.480 e. The lowest BCUT2D eigenvalue weighted by atomic mass is 9.84. The predicted octanol–water partition coefficient (Wildman–Crippen LogP) is 6.53. The molecule has 3 aromatic carbocycles. The molecule has 0 spiro atoms. The summed E-state index contributed by atoms with van der Waals surface area (Å²) in [6.07, 6.45) is 3.59. The number of aromatic amines is 1. The maximum absolute atomic E-state index is 13.1. The molecule has 6 nitrogen and oxygen atoms in total. The zero-order chi connectivity index (χ0) is 27.7. The topological polar surface area (TPSA) is 95.1 Å². The molecule has 4 rings (SSSR count). The van der Waals surface area contributed by atoms with Crippen LogP contribution in [0.5, 0.6) is 0 Å². The Morgan fingerprint density at radius 2 is 1.38 bits per heavy atom. The van der Waals surface area contributed by atoms with E-state index in [4.69, 9.17) is 0 Å². The Labute approximate surface area is 250 Å². The summed E-state index contributed by atoms with van der Waals surface area (Å²) in [7, 11) is 0. The maximum Gasteiger partial charge on any atom is 0.327 e. The molecule has 0 aliphatic heterocycles. The molecule has 1 amide bonds. The highest BCUT2D eigenvalue weighted by molar-refractivity contribution is 8.00. The van der Waals surface area contributed by atoms with Gasteiger partial charge in [0.25, 0.3) is 0 Å². The Hall–Kier alpha value is -3.20. The summed E-state index contributed by atoms with van der Waals surface area (Å²) in [6.45, 7) is 3.98. The molecule has 1 heterocycles. The number of carboxylic acid groups (broad SMARTS) is 1. The quantitative estimate of drug-likeness (QED) is 0.152. The first-order valence-corrected chi connectivity index (χ1v) is 14.7. The summed E-state index contributed by atoms with van der Waals surface area (Å²) < 4.78 is -1.05. The van der Waals surface area contributed by atoms with Crippen LogP contribution in [0.1, 0.15) is 42.7 Å². The van der Waals surface area contributed by atoms with Crippen LogP contribution in [0.2, 0.25) is 0 Å². The summed E-state index contributed by atoms with van der Waals surface area (Å²) >= 11 is 3.15. The molecule has 9 heteroatoms. The van der Waals surface area contributed by atoms with E-state index in [1.807, 2.05) is 68.4 Å². The third-order valence-electron chi connectivity index (χ3n) is 6.40. The number of aromatic nitrogens is 2. The molecule has 0 saturated carbocycles. The van der Waals surface area contributed by atoms with Crippen molar-refractivity contribution in [3.05, 3.63) is 126 Å². The molecule has 1 atom stereocenters. The van der Waals surface area contributed by atoms with Crippen LogP contribution < -0.4 is 5.32 Å². The van der Waals surface area contributed by atoms with Crippen molar-refractivity contribution in [1.29, 1.82) is 0 Å². The number of H-pyrrole nitrogens is 1. The number of halogens is 1. The highest BCUT2D eigenvalue weighted by atomic mass is 35.5. The van der Waals surface area contributed by atoms with Gasteiger partial charge in [0.15, 0.2) is 0 Å². The molecular weight excluding hydrogens is 562 g/mol. The minimum Gasteiger partial charge on any atom is -0.480 e. The third kappa shape index (κ3) is 7.93. The van der Waals surface area contributed by atoms with E-state index in [2.05, 4.69) is 51.7 Å². The van der Waals surface area contributed by atoms with Crippen LogP contribution in [0.4, 0.5) is 0 Å². The van der Waals surface area contributed by atoms with Gasteiger partial charge in [0.2, 0.25) is 5.91 Å². The molecule has 3 N–H and O–H groups in total. The Kier molecular flexibility index (Phi) is 11.3. The summed E-state index contributed by atoms with van der Waals surface area (Å²) in [6, 6.07) is 29.3. The number of benzene rings is 3. The standard InChI is InChI=1S/C31H33N3O3S2.ClH/c1-30(2,38-20-26-19-32-22-33-26)18-28(35)34-27(29(36)37)21-39-31(23-12-6-3-7-13-23,24-14-8-4-9-15-24)25-16-10-5-11-17-25;/h3-17,19,22,27H,18,20-21H2,1-2H3,(H,32,33)(H,34,35)(H,36,37);1H/t27-;/m0./s1. The number of carboxylic acids is 1. The second kappa shape index (κ2) is 14.4. The lowest BCUT2D eigenvalue weighted by Gasteiger charge is -2.36. The smallest absolute Gasteiger partial charge is 0.327 e. The van der Waals surface area contributed by atoms with Gasteiger partial charge in [-0.3, -0.25) is 4.79 Å². The lowest BCUT2D eigenvalue weighted by molar-refractivity contribution is -0.141. The fraction of sp³-hybridized carbons (Fsp3) is 0.258. The first kappa shape index (κ1) is 31.3. The van der Waals surface area contributed by atoms with E-state index in [-0.39, 0.29) is 35.2 Å². The number of amides is 1. The Balaban J connectivity index is 0.00000441. The van der Waals surface area contributed by atoms with Crippen molar-refractivity contribution in [3.63, 3.8) is 0 Å². The summed E-state index contributed by atoms with van der Waals surface area (Å²) in [4.78, 5) is 32.5. The van der Waals surface area contributed by atoms with Crippen molar-refractivity contribution < 1.29 is 14.7 Å². The minimum atomic E-state index is -1.05. The second-order valence-electron chi connectivity index (χ2n) is 9.85. The second-order valence-corrected chi connectivity index (χ2v) is 12.8. The molecule has 0 bridgehead atoms. The van der Waals surface area contributed by atoms with Crippen LogP contribution in [0.25, 0.3) is 0 Å². The van der Waals surface area contributed by atoms with Crippen LogP contribution in [-0.4, -0.2) is 43.5 Å². The van der Waals surface area contributed by atoms with Gasteiger partial charge in [-0.25, -0.2) is 9.78 Å². The molecule has 210 valence electrons. The van der Waals surface area contributed by atoms with Gasteiger partial charge in [-0.15, -0.1) is 35.9 Å². The molecule has 0 aliphatic rings. The van der Waals surface area contributed by atoms with E-state index < -0.39 is 16.8 Å². The van der Waals surface area contributed by atoms with Crippen LogP contribution in [0.15, 0.2) is 104 Å². The lowest BCUT2D eigenvalue weighted by Crippen LogP contribution is -2.45. The third-order valence-corrected chi connectivity index (χ3v) is 9.42. The summed E-state index contributed by atoms with van der Waals surface area (Å²) in [5, 5.41) is 12.9. The normalized spacial score (nSPS) is 12.2. The minimum absolute atomic E-state index is 0. The number of nitrogens with one attached hydrogen (secondary N) is 2. The van der Waals surface area contributed by atoms with Gasteiger partial charge in [-0.2, -0.15) is 0 Å². The van der Waals surface area contributed by atoms with Gasteiger partial charge in [0.1, 0.15) is 6.04 Å². The molecule has 40 heavy (non-hydrogen) atoms. The van der Waals surface area contributed by atoms with E-state index in [1.54, 1.807) is 24.3 Å². The zero-order valence-electron chi connectivity index (χ0n) is 22.4. The first-order valence-electron chi connectivity index (χ1n) is 12.7. The number of nitrogens with zero attached hydrogens (tertiary/aromatic N) is 1. The molecular formula is C31H34ClN3O3S2. The first-order chi connectivity index (χ1) is 18.8. The van der Waals surface area contributed by atoms with Crippen molar-refractivity contribution in [1.82, 2.24) is 15.3 Å². The summed E-state index contributed by atoms with van der Waals surface area (Å²) in [5.41, 5.74) is 4.10. The van der Waals surface area contributed by atoms with E-state index in [1.165, 1.54) is 11.8 Å². The van der Waals surface area contributed by atoms with Crippen molar-refractivity contribution in [2.75, 3.05) is 5.75 Å². The number of thioether (sulfide) groups is 2. The fourth-order valence-electron chi connectivity index (χ4n) is 4.47. The van der Waals surface area contributed by atoms with E-state index in [0.717, 1.165) is 22.4 Å². The van der Waals surface area contributed by atoms with Crippen LogP contribution in [0.3, 0.4) is 0 Å². The molecule has 0 saturated heterocycles. The highest BCUT2D eigenvalue weighted by Gasteiger charge is 2.38. The van der Waals surface area contributed by atoms with Crippen LogP contribution in [0, 0.1) is 0 Å². The van der Waals surface area contributed by atoms with Gasteiger partial charge in [0, 0.05) is 34.6 Å². The van der Waals surface area contributed by atoms with E-state index in [0.29, 0.717) is 5.75 Å².